The van der Waals surface area contributed by atoms with E-state index in [-0.39, 0.29) is 0 Å². The van der Waals surface area contributed by atoms with Crippen LogP contribution in [-0.2, 0) is 0 Å². The monoisotopic (exact) mass is 295 g/mol. The Morgan fingerprint density at radius 2 is 1.61 bits per heavy atom. The van der Waals surface area contributed by atoms with Gasteiger partial charge in [0.2, 0.25) is 0 Å². The van der Waals surface area contributed by atoms with Crippen molar-refractivity contribution in [3.8, 4) is 23.2 Å². The van der Waals surface area contributed by atoms with Gasteiger partial charge in [-0.2, -0.15) is 0 Å². The first kappa shape index (κ1) is 13.3. The van der Waals surface area contributed by atoms with Crippen molar-refractivity contribution in [2.24, 2.45) is 0 Å². The fourth-order valence-electron chi connectivity index (χ4n) is 2.48. The van der Waals surface area contributed by atoms with Crippen molar-refractivity contribution >= 4 is 5.52 Å². The van der Waals surface area contributed by atoms with Gasteiger partial charge in [-0.3, -0.25) is 4.40 Å². The summed E-state index contributed by atoms with van der Waals surface area (Å²) in [6.07, 6.45) is 3.75. The average molecular weight is 295 g/mol. The maximum absolute atomic E-state index is 4.74. The number of nitrogens with zero attached hydrogens (tertiary/aromatic N) is 3. The second-order valence-electron chi connectivity index (χ2n) is 5.07. The summed E-state index contributed by atoms with van der Waals surface area (Å²) in [6.45, 7) is 0. The topological polar surface area (TPSA) is 30.2 Å². The number of rotatable bonds is 1. The van der Waals surface area contributed by atoms with Gasteiger partial charge in [0, 0.05) is 18.0 Å². The minimum atomic E-state index is 0.742. The zero-order valence-corrected chi connectivity index (χ0v) is 12.3. The number of pyridine rings is 2. The molecule has 0 radical (unpaired) electrons. The van der Waals surface area contributed by atoms with Gasteiger partial charge >= 0.3 is 0 Å². The molecule has 0 N–H and O–H groups in total. The molecular weight excluding hydrogens is 282 g/mol. The van der Waals surface area contributed by atoms with E-state index >= 15 is 0 Å². The third kappa shape index (κ3) is 2.58. The van der Waals surface area contributed by atoms with Crippen LogP contribution in [0.25, 0.3) is 16.9 Å². The Labute approximate surface area is 134 Å². The molecule has 0 saturated heterocycles. The van der Waals surface area contributed by atoms with Crippen LogP contribution >= 0.6 is 0 Å². The van der Waals surface area contributed by atoms with Crippen LogP contribution in [0.3, 0.4) is 0 Å². The summed E-state index contributed by atoms with van der Waals surface area (Å²) in [4.78, 5) is 8.97. The van der Waals surface area contributed by atoms with Crippen molar-refractivity contribution < 1.29 is 0 Å². The standard InChI is InChI=1S/C20H13N3/c1-2-8-16(9-3-1)20-22-18(19-11-5-7-15-23(19)20)13-12-17-10-4-6-14-21-17/h1-11,14-15H. The first-order valence-electron chi connectivity index (χ1n) is 7.37. The van der Waals surface area contributed by atoms with Gasteiger partial charge in [-0.25, -0.2) is 9.97 Å². The summed E-state index contributed by atoms with van der Waals surface area (Å²) in [5, 5.41) is 0. The quantitative estimate of drug-likeness (QED) is 0.500. The number of hydrogen-bond acceptors (Lipinski definition) is 2. The Balaban J connectivity index is 1.87. The molecule has 0 amide bonds. The van der Waals surface area contributed by atoms with Crippen molar-refractivity contribution in [3.05, 3.63) is 90.5 Å². The van der Waals surface area contributed by atoms with Gasteiger partial charge in [0.05, 0.1) is 5.52 Å². The Morgan fingerprint density at radius 3 is 2.43 bits per heavy atom. The number of imidazole rings is 1. The van der Waals surface area contributed by atoms with Crippen LogP contribution in [0.2, 0.25) is 0 Å². The van der Waals surface area contributed by atoms with Crippen molar-refractivity contribution in [1.29, 1.82) is 0 Å². The molecule has 4 rings (SSSR count). The number of aromatic nitrogens is 3. The molecule has 0 aliphatic carbocycles. The third-order valence-electron chi connectivity index (χ3n) is 3.55. The molecule has 3 aromatic heterocycles. The highest BCUT2D eigenvalue weighted by Crippen LogP contribution is 2.22. The number of benzene rings is 1. The summed E-state index contributed by atoms with van der Waals surface area (Å²) in [5.41, 5.74) is 3.57. The second kappa shape index (κ2) is 5.78. The maximum atomic E-state index is 4.74. The molecule has 108 valence electrons. The van der Waals surface area contributed by atoms with Gasteiger partial charge < -0.3 is 0 Å². The van der Waals surface area contributed by atoms with Crippen molar-refractivity contribution in [1.82, 2.24) is 14.4 Å². The van der Waals surface area contributed by atoms with E-state index in [1.165, 1.54) is 0 Å². The Kier molecular flexibility index (Phi) is 3.34. The SMILES string of the molecule is C(#Cc1nc(-c2ccccc2)n2ccccc12)c1ccccn1. The van der Waals surface area contributed by atoms with E-state index < -0.39 is 0 Å². The number of hydrogen-bond donors (Lipinski definition) is 0. The Bertz CT molecular complexity index is 1010. The van der Waals surface area contributed by atoms with E-state index in [2.05, 4.69) is 33.4 Å². The van der Waals surface area contributed by atoms with Crippen LogP contribution in [0.4, 0.5) is 0 Å². The first-order valence-corrected chi connectivity index (χ1v) is 7.37. The molecule has 0 unspecified atom stereocenters. The van der Waals surface area contributed by atoms with E-state index in [0.717, 1.165) is 28.3 Å². The smallest absolute Gasteiger partial charge is 0.146 e. The maximum Gasteiger partial charge on any atom is 0.146 e. The molecule has 0 saturated carbocycles. The third-order valence-corrected chi connectivity index (χ3v) is 3.55. The fourth-order valence-corrected chi connectivity index (χ4v) is 2.48. The molecule has 4 aromatic rings. The zero-order valence-electron chi connectivity index (χ0n) is 12.3. The molecule has 0 bridgehead atoms. The molecular formula is C20H13N3. The van der Waals surface area contributed by atoms with Crippen molar-refractivity contribution in [2.75, 3.05) is 0 Å². The minimum absolute atomic E-state index is 0.742. The summed E-state index contributed by atoms with van der Waals surface area (Å²) in [5.74, 6) is 7.13. The molecule has 23 heavy (non-hydrogen) atoms. The summed E-state index contributed by atoms with van der Waals surface area (Å²) < 4.78 is 2.07. The van der Waals surface area contributed by atoms with E-state index in [9.17, 15) is 0 Å². The van der Waals surface area contributed by atoms with Crippen LogP contribution in [0.5, 0.6) is 0 Å². The second-order valence-corrected chi connectivity index (χ2v) is 5.07. The molecule has 1 aromatic carbocycles. The normalized spacial score (nSPS) is 10.3. The lowest BCUT2D eigenvalue weighted by Gasteiger charge is -1.99. The minimum Gasteiger partial charge on any atom is -0.298 e. The lowest BCUT2D eigenvalue weighted by Crippen LogP contribution is -1.87. The molecule has 0 atom stereocenters. The fraction of sp³-hybridized carbons (Fsp3) is 0. The molecule has 0 fully saturated rings. The van der Waals surface area contributed by atoms with Gasteiger partial charge in [-0.05, 0) is 36.1 Å². The van der Waals surface area contributed by atoms with Crippen LogP contribution in [0.15, 0.2) is 79.1 Å². The highest BCUT2D eigenvalue weighted by Gasteiger charge is 2.10. The molecule has 3 nitrogen and oxygen atoms in total. The Morgan fingerprint density at radius 1 is 0.783 bits per heavy atom. The lowest BCUT2D eigenvalue weighted by atomic mass is 10.2. The summed E-state index contributed by atoms with van der Waals surface area (Å²) in [7, 11) is 0. The first-order chi connectivity index (χ1) is 11.4. The molecule has 3 heteroatoms. The highest BCUT2D eigenvalue weighted by atomic mass is 15.0. The Hall–Kier alpha value is -3.38. The van der Waals surface area contributed by atoms with Crippen LogP contribution < -0.4 is 0 Å². The van der Waals surface area contributed by atoms with E-state index in [4.69, 9.17) is 4.98 Å². The lowest BCUT2D eigenvalue weighted by molar-refractivity contribution is 1.16. The number of fused-ring (bicyclic) bond motifs is 1. The molecule has 0 spiro atoms. The van der Waals surface area contributed by atoms with Crippen molar-refractivity contribution in [2.45, 2.75) is 0 Å². The average Bonchev–Trinajstić information content (AvgIpc) is 3.01. The van der Waals surface area contributed by atoms with E-state index in [1.54, 1.807) is 6.20 Å². The van der Waals surface area contributed by atoms with Gasteiger partial charge in [0.1, 0.15) is 17.2 Å². The van der Waals surface area contributed by atoms with E-state index in [1.807, 2.05) is 60.8 Å². The van der Waals surface area contributed by atoms with Gasteiger partial charge in [0.15, 0.2) is 0 Å². The predicted octanol–water partition coefficient (Wildman–Crippen LogP) is 3.80. The predicted molar refractivity (Wildman–Crippen MR) is 90.8 cm³/mol. The molecule has 3 heterocycles. The largest absolute Gasteiger partial charge is 0.298 e. The van der Waals surface area contributed by atoms with Gasteiger partial charge in [-0.15, -0.1) is 0 Å². The summed E-state index contributed by atoms with van der Waals surface area (Å²) >= 11 is 0. The zero-order chi connectivity index (χ0) is 15.5. The molecule has 0 aliphatic rings. The molecule has 0 aliphatic heterocycles. The van der Waals surface area contributed by atoms with Crippen LogP contribution in [0.1, 0.15) is 11.4 Å². The van der Waals surface area contributed by atoms with Gasteiger partial charge in [-0.1, -0.05) is 42.5 Å². The van der Waals surface area contributed by atoms with Crippen LogP contribution in [0, 0.1) is 11.8 Å². The van der Waals surface area contributed by atoms with Crippen molar-refractivity contribution in [3.63, 3.8) is 0 Å². The van der Waals surface area contributed by atoms with Gasteiger partial charge in [0.25, 0.3) is 0 Å². The highest BCUT2D eigenvalue weighted by molar-refractivity contribution is 5.69. The van der Waals surface area contributed by atoms with E-state index in [0.29, 0.717) is 0 Å². The summed E-state index contributed by atoms with van der Waals surface area (Å²) in [6, 6.07) is 21.9. The van der Waals surface area contributed by atoms with Crippen LogP contribution in [-0.4, -0.2) is 14.4 Å².